The number of nitrogens with two attached hydrogens (primary N) is 1. The molecule has 0 bridgehead atoms. The minimum atomic E-state index is -0.0997. The van der Waals surface area contributed by atoms with Crippen molar-refractivity contribution in [2.75, 3.05) is 0 Å². The molecule has 0 amide bonds. The molecule has 3 nitrogen and oxygen atoms in total. The average molecular weight is 301 g/mol. The normalized spacial score (nSPS) is 12.8. The Kier molecular flexibility index (Phi) is 3.36. The SMILES string of the molecule is CC(N)c1nc2ccccc2n1Cc1cccc2ccccc12. The Bertz CT molecular complexity index is 977. The summed E-state index contributed by atoms with van der Waals surface area (Å²) in [5, 5.41) is 2.54. The van der Waals surface area contributed by atoms with Crippen LogP contribution in [0.25, 0.3) is 21.8 Å². The third-order valence-electron chi connectivity index (χ3n) is 4.30. The van der Waals surface area contributed by atoms with Crippen molar-refractivity contribution in [1.29, 1.82) is 0 Å². The first-order valence-corrected chi connectivity index (χ1v) is 7.91. The number of aromatic nitrogens is 2. The molecule has 1 atom stereocenters. The molecule has 23 heavy (non-hydrogen) atoms. The number of fused-ring (bicyclic) bond motifs is 2. The van der Waals surface area contributed by atoms with E-state index in [9.17, 15) is 0 Å². The van der Waals surface area contributed by atoms with Gasteiger partial charge in [0.25, 0.3) is 0 Å². The van der Waals surface area contributed by atoms with Gasteiger partial charge in [-0.05, 0) is 35.4 Å². The molecular weight excluding hydrogens is 282 g/mol. The van der Waals surface area contributed by atoms with E-state index in [1.54, 1.807) is 0 Å². The van der Waals surface area contributed by atoms with Crippen LogP contribution >= 0.6 is 0 Å². The molecule has 0 fully saturated rings. The van der Waals surface area contributed by atoms with Crippen molar-refractivity contribution < 1.29 is 0 Å². The maximum absolute atomic E-state index is 6.16. The highest BCUT2D eigenvalue weighted by atomic mass is 15.1. The Morgan fingerprint density at radius 3 is 2.57 bits per heavy atom. The van der Waals surface area contributed by atoms with Crippen molar-refractivity contribution in [2.24, 2.45) is 5.73 Å². The third-order valence-corrected chi connectivity index (χ3v) is 4.30. The maximum Gasteiger partial charge on any atom is 0.126 e. The summed E-state index contributed by atoms with van der Waals surface area (Å²) in [5.41, 5.74) is 9.58. The maximum atomic E-state index is 6.16. The lowest BCUT2D eigenvalue weighted by molar-refractivity contribution is 0.665. The van der Waals surface area contributed by atoms with Crippen molar-refractivity contribution >= 4 is 21.8 Å². The number of hydrogen-bond acceptors (Lipinski definition) is 2. The predicted molar refractivity (Wildman–Crippen MR) is 95.4 cm³/mol. The standard InChI is InChI=1S/C20H19N3/c1-14(21)20-22-18-11-4-5-12-19(18)23(20)13-16-9-6-8-15-7-2-3-10-17(15)16/h2-12,14H,13,21H2,1H3. The highest BCUT2D eigenvalue weighted by molar-refractivity contribution is 5.86. The number of benzene rings is 3. The number of rotatable bonds is 3. The van der Waals surface area contributed by atoms with Crippen molar-refractivity contribution in [3.05, 3.63) is 78.1 Å². The first-order chi connectivity index (χ1) is 11.2. The molecule has 114 valence electrons. The highest BCUT2D eigenvalue weighted by Crippen LogP contribution is 2.24. The third kappa shape index (κ3) is 2.39. The van der Waals surface area contributed by atoms with E-state index < -0.39 is 0 Å². The zero-order chi connectivity index (χ0) is 15.8. The van der Waals surface area contributed by atoms with Gasteiger partial charge in [-0.1, -0.05) is 54.6 Å². The van der Waals surface area contributed by atoms with Gasteiger partial charge in [-0.25, -0.2) is 4.98 Å². The van der Waals surface area contributed by atoms with Crippen LogP contribution in [0.1, 0.15) is 24.4 Å². The summed E-state index contributed by atoms with van der Waals surface area (Å²) in [4.78, 5) is 4.73. The summed E-state index contributed by atoms with van der Waals surface area (Å²) < 4.78 is 2.24. The van der Waals surface area contributed by atoms with Gasteiger partial charge in [0.2, 0.25) is 0 Å². The lowest BCUT2D eigenvalue weighted by Gasteiger charge is -2.13. The number of nitrogens with zero attached hydrogens (tertiary/aromatic N) is 2. The molecule has 4 rings (SSSR count). The molecule has 0 saturated heterocycles. The topological polar surface area (TPSA) is 43.8 Å². The summed E-state index contributed by atoms with van der Waals surface area (Å²) in [6.07, 6.45) is 0. The molecule has 1 heterocycles. The summed E-state index contributed by atoms with van der Waals surface area (Å²) in [6, 6.07) is 23.1. The lowest BCUT2D eigenvalue weighted by Crippen LogP contribution is -2.14. The van der Waals surface area contributed by atoms with Crippen LogP contribution in [0.2, 0.25) is 0 Å². The largest absolute Gasteiger partial charge is 0.322 e. The zero-order valence-electron chi connectivity index (χ0n) is 13.1. The van der Waals surface area contributed by atoms with Crippen molar-refractivity contribution in [3.63, 3.8) is 0 Å². The molecule has 0 aliphatic rings. The average Bonchev–Trinajstić information content (AvgIpc) is 2.94. The van der Waals surface area contributed by atoms with E-state index in [0.717, 1.165) is 23.4 Å². The molecule has 1 unspecified atom stereocenters. The zero-order valence-corrected chi connectivity index (χ0v) is 13.1. The summed E-state index contributed by atoms with van der Waals surface area (Å²) in [6.45, 7) is 2.76. The molecular formula is C20H19N3. The molecule has 0 spiro atoms. The van der Waals surface area contributed by atoms with E-state index in [2.05, 4.69) is 59.2 Å². The first kappa shape index (κ1) is 14.0. The Balaban J connectivity index is 1.91. The van der Waals surface area contributed by atoms with E-state index in [0.29, 0.717) is 0 Å². The highest BCUT2D eigenvalue weighted by Gasteiger charge is 2.14. The van der Waals surface area contributed by atoms with Gasteiger partial charge in [0.1, 0.15) is 5.82 Å². The molecule has 0 radical (unpaired) electrons. The molecule has 2 N–H and O–H groups in total. The van der Waals surface area contributed by atoms with Gasteiger partial charge in [-0.2, -0.15) is 0 Å². The van der Waals surface area contributed by atoms with Crippen LogP contribution < -0.4 is 5.73 Å². The van der Waals surface area contributed by atoms with E-state index in [-0.39, 0.29) is 6.04 Å². The van der Waals surface area contributed by atoms with Crippen LogP contribution in [0.5, 0.6) is 0 Å². The van der Waals surface area contributed by atoms with Gasteiger partial charge in [0, 0.05) is 0 Å². The van der Waals surface area contributed by atoms with Crippen LogP contribution in [-0.2, 0) is 6.54 Å². The van der Waals surface area contributed by atoms with E-state index in [1.807, 2.05) is 19.1 Å². The van der Waals surface area contributed by atoms with Crippen LogP contribution in [-0.4, -0.2) is 9.55 Å². The fourth-order valence-corrected chi connectivity index (χ4v) is 3.21. The first-order valence-electron chi connectivity index (χ1n) is 7.91. The second kappa shape index (κ2) is 5.52. The van der Waals surface area contributed by atoms with Gasteiger partial charge in [-0.15, -0.1) is 0 Å². The molecule has 0 saturated carbocycles. The van der Waals surface area contributed by atoms with Crippen LogP contribution in [0.15, 0.2) is 66.7 Å². The van der Waals surface area contributed by atoms with Crippen molar-refractivity contribution in [3.8, 4) is 0 Å². The van der Waals surface area contributed by atoms with E-state index in [1.165, 1.54) is 16.3 Å². The summed E-state index contributed by atoms with van der Waals surface area (Å²) in [7, 11) is 0. The molecule has 0 aliphatic heterocycles. The molecule has 4 aromatic rings. The lowest BCUT2D eigenvalue weighted by atomic mass is 10.0. The van der Waals surface area contributed by atoms with Gasteiger partial charge < -0.3 is 10.3 Å². The van der Waals surface area contributed by atoms with E-state index >= 15 is 0 Å². The monoisotopic (exact) mass is 301 g/mol. The van der Waals surface area contributed by atoms with Gasteiger partial charge >= 0.3 is 0 Å². The summed E-state index contributed by atoms with van der Waals surface area (Å²) >= 11 is 0. The van der Waals surface area contributed by atoms with Crippen LogP contribution in [0.4, 0.5) is 0 Å². The molecule has 0 aliphatic carbocycles. The Morgan fingerprint density at radius 1 is 0.957 bits per heavy atom. The second-order valence-electron chi connectivity index (χ2n) is 5.97. The number of para-hydroxylation sites is 2. The van der Waals surface area contributed by atoms with Gasteiger partial charge in [0.05, 0.1) is 23.6 Å². The minimum absolute atomic E-state index is 0.0997. The van der Waals surface area contributed by atoms with Crippen molar-refractivity contribution in [2.45, 2.75) is 19.5 Å². The Labute approximate surface area is 135 Å². The molecule has 3 heteroatoms. The Morgan fingerprint density at radius 2 is 1.70 bits per heavy atom. The fraction of sp³-hybridized carbons (Fsp3) is 0.150. The Hall–Kier alpha value is -2.65. The van der Waals surface area contributed by atoms with Gasteiger partial charge in [-0.3, -0.25) is 0 Å². The van der Waals surface area contributed by atoms with E-state index in [4.69, 9.17) is 10.7 Å². The minimum Gasteiger partial charge on any atom is -0.322 e. The van der Waals surface area contributed by atoms with Crippen molar-refractivity contribution in [1.82, 2.24) is 9.55 Å². The second-order valence-corrected chi connectivity index (χ2v) is 5.97. The van der Waals surface area contributed by atoms with Crippen LogP contribution in [0, 0.1) is 0 Å². The van der Waals surface area contributed by atoms with Gasteiger partial charge in [0.15, 0.2) is 0 Å². The van der Waals surface area contributed by atoms with Crippen LogP contribution in [0.3, 0.4) is 0 Å². The number of imidazole rings is 1. The predicted octanol–water partition coefficient (Wildman–Crippen LogP) is 4.26. The summed E-state index contributed by atoms with van der Waals surface area (Å²) in [5.74, 6) is 0.930. The smallest absolute Gasteiger partial charge is 0.126 e. The number of hydrogen-bond donors (Lipinski definition) is 1. The fourth-order valence-electron chi connectivity index (χ4n) is 3.21. The quantitative estimate of drug-likeness (QED) is 0.614. The molecule has 1 aromatic heterocycles. The molecule has 3 aromatic carbocycles.